The van der Waals surface area contributed by atoms with Gasteiger partial charge >= 0.3 is 11.9 Å². The van der Waals surface area contributed by atoms with Gasteiger partial charge < -0.3 is 28.4 Å². The van der Waals surface area contributed by atoms with Crippen molar-refractivity contribution in [2.24, 2.45) is 10.8 Å². The molecule has 0 aliphatic carbocycles. The summed E-state index contributed by atoms with van der Waals surface area (Å²) in [5.41, 5.74) is -2.53. The molecule has 0 aliphatic rings. The van der Waals surface area contributed by atoms with Crippen molar-refractivity contribution in [1.82, 2.24) is 0 Å². The largest absolute Gasteiger partial charge is 0.462 e. The number of carbonyl (C=O) groups excluding carboxylic acids is 3. The summed E-state index contributed by atoms with van der Waals surface area (Å²) in [4.78, 5) is 37.6. The number of ketones is 1. The quantitative estimate of drug-likeness (QED) is 0.133. The SMILES string of the molecule is CCC(C)(C(=O)CC(C)(C)C(=O)OCCOC#N)C(=O)OCCOCCOCCOC. The molecule has 0 aromatic rings. The minimum atomic E-state index is -1.38. The molecule has 0 aromatic heterocycles. The zero-order valence-electron chi connectivity index (χ0n) is 19.2. The summed E-state index contributed by atoms with van der Waals surface area (Å²) in [5.74, 6) is -1.69. The van der Waals surface area contributed by atoms with Crippen molar-refractivity contribution in [3.63, 3.8) is 0 Å². The van der Waals surface area contributed by atoms with Crippen molar-refractivity contribution in [3.05, 3.63) is 0 Å². The Morgan fingerprint density at radius 3 is 1.87 bits per heavy atom. The number of esters is 2. The number of hydrogen-bond donors (Lipinski definition) is 0. The Morgan fingerprint density at radius 1 is 0.806 bits per heavy atom. The maximum atomic E-state index is 12.9. The lowest BCUT2D eigenvalue weighted by Crippen LogP contribution is -2.42. The Kier molecular flexibility index (Phi) is 14.4. The second-order valence-electron chi connectivity index (χ2n) is 7.60. The number of ether oxygens (including phenoxy) is 6. The average Bonchev–Trinajstić information content (AvgIpc) is 2.74. The van der Waals surface area contributed by atoms with Crippen LogP contribution in [0.15, 0.2) is 0 Å². The molecule has 0 amide bonds. The number of methoxy groups -OCH3 is 1. The molecule has 1 atom stereocenters. The number of rotatable bonds is 18. The Balaban J connectivity index is 4.49. The highest BCUT2D eigenvalue weighted by atomic mass is 16.6. The number of nitrogens with zero attached hydrogens (tertiary/aromatic N) is 1. The first kappa shape index (κ1) is 28.8. The Bertz CT molecular complexity index is 600. The predicted molar refractivity (Wildman–Crippen MR) is 109 cm³/mol. The topological polar surface area (TPSA) is 130 Å². The third-order valence-corrected chi connectivity index (χ3v) is 4.68. The van der Waals surface area contributed by atoms with Gasteiger partial charge in [-0.3, -0.25) is 14.4 Å². The number of nitriles is 1. The average molecular weight is 446 g/mol. The first-order chi connectivity index (χ1) is 14.7. The molecule has 0 radical (unpaired) electrons. The predicted octanol–water partition coefficient (Wildman–Crippen LogP) is 1.65. The van der Waals surface area contributed by atoms with Crippen LogP contribution in [-0.2, 0) is 42.8 Å². The van der Waals surface area contributed by atoms with Crippen LogP contribution in [0.4, 0.5) is 0 Å². The molecule has 10 heteroatoms. The van der Waals surface area contributed by atoms with E-state index in [9.17, 15) is 14.4 Å². The van der Waals surface area contributed by atoms with Gasteiger partial charge in [-0.15, -0.1) is 0 Å². The van der Waals surface area contributed by atoms with Crippen molar-refractivity contribution >= 4 is 17.7 Å². The maximum Gasteiger partial charge on any atom is 0.319 e. The fourth-order valence-corrected chi connectivity index (χ4v) is 2.36. The van der Waals surface area contributed by atoms with Crippen LogP contribution >= 0.6 is 0 Å². The lowest BCUT2D eigenvalue weighted by molar-refractivity contribution is -0.165. The summed E-state index contributed by atoms with van der Waals surface area (Å²) in [6.07, 6.45) is 1.50. The van der Waals surface area contributed by atoms with Crippen LogP contribution in [0.5, 0.6) is 0 Å². The van der Waals surface area contributed by atoms with Crippen LogP contribution in [0.2, 0.25) is 0 Å². The van der Waals surface area contributed by atoms with E-state index in [1.807, 2.05) is 0 Å². The molecule has 178 valence electrons. The Labute approximate surface area is 184 Å². The molecule has 0 saturated heterocycles. The van der Waals surface area contributed by atoms with Crippen molar-refractivity contribution in [2.75, 3.05) is 60.0 Å². The van der Waals surface area contributed by atoms with Gasteiger partial charge in [0.1, 0.15) is 25.2 Å². The summed E-state index contributed by atoms with van der Waals surface area (Å²) in [5, 5.41) is 8.30. The standard InChI is InChI=1S/C21H35NO9/c1-6-21(4,19(25)31-13-11-28-10-9-27-8-7-26-5)17(23)15-20(2,3)18(24)30-14-12-29-16-22/h6-15H2,1-5H3. The molecular formula is C21H35NO9. The monoisotopic (exact) mass is 445 g/mol. The molecule has 0 spiro atoms. The van der Waals surface area contributed by atoms with Gasteiger partial charge in [-0.2, -0.15) is 5.26 Å². The number of carbonyl (C=O) groups is 3. The van der Waals surface area contributed by atoms with Crippen molar-refractivity contribution < 1.29 is 42.8 Å². The lowest BCUT2D eigenvalue weighted by atomic mass is 9.75. The van der Waals surface area contributed by atoms with Gasteiger partial charge in [-0.1, -0.05) is 6.92 Å². The van der Waals surface area contributed by atoms with E-state index in [0.29, 0.717) is 26.4 Å². The molecule has 0 saturated carbocycles. The molecule has 0 bridgehead atoms. The zero-order chi connectivity index (χ0) is 23.8. The third kappa shape index (κ3) is 11.1. The molecule has 31 heavy (non-hydrogen) atoms. The summed E-state index contributed by atoms with van der Waals surface area (Å²) in [7, 11) is 1.59. The van der Waals surface area contributed by atoms with Gasteiger partial charge in [0.05, 0.1) is 38.4 Å². The third-order valence-electron chi connectivity index (χ3n) is 4.68. The second-order valence-corrected chi connectivity index (χ2v) is 7.60. The summed E-state index contributed by atoms with van der Waals surface area (Å²) >= 11 is 0. The summed E-state index contributed by atoms with van der Waals surface area (Å²) < 4.78 is 30.1. The van der Waals surface area contributed by atoms with Crippen molar-refractivity contribution in [2.45, 2.75) is 40.5 Å². The van der Waals surface area contributed by atoms with E-state index in [1.165, 1.54) is 13.2 Å². The normalized spacial score (nSPS) is 13.0. The molecule has 0 aliphatic heterocycles. The molecule has 0 rings (SSSR count). The van der Waals surface area contributed by atoms with Gasteiger partial charge in [-0.05, 0) is 27.2 Å². The van der Waals surface area contributed by atoms with Crippen LogP contribution in [0.1, 0.15) is 40.5 Å². The fourth-order valence-electron chi connectivity index (χ4n) is 2.36. The lowest BCUT2D eigenvalue weighted by Gasteiger charge is -2.29. The number of Topliss-reactive ketones (excluding diaryl/α,β-unsaturated/α-hetero) is 1. The van der Waals surface area contributed by atoms with Crippen molar-refractivity contribution in [3.8, 4) is 6.26 Å². The molecule has 0 aromatic carbocycles. The van der Waals surface area contributed by atoms with Crippen LogP contribution in [0.3, 0.4) is 0 Å². The first-order valence-electron chi connectivity index (χ1n) is 10.2. The molecule has 0 fully saturated rings. The van der Waals surface area contributed by atoms with Gasteiger partial charge in [0.15, 0.2) is 5.78 Å². The van der Waals surface area contributed by atoms with Gasteiger partial charge in [0.25, 0.3) is 6.26 Å². The van der Waals surface area contributed by atoms with Crippen LogP contribution < -0.4 is 0 Å². The molecule has 0 N–H and O–H groups in total. The molecular weight excluding hydrogens is 410 g/mol. The second kappa shape index (κ2) is 15.6. The van der Waals surface area contributed by atoms with Crippen LogP contribution in [-0.4, -0.2) is 77.7 Å². The van der Waals surface area contributed by atoms with E-state index >= 15 is 0 Å². The highest BCUT2D eigenvalue weighted by molar-refractivity contribution is 6.04. The highest BCUT2D eigenvalue weighted by Gasteiger charge is 2.44. The van der Waals surface area contributed by atoms with Crippen LogP contribution in [0.25, 0.3) is 0 Å². The Morgan fingerprint density at radius 2 is 1.32 bits per heavy atom. The first-order valence-corrected chi connectivity index (χ1v) is 10.2. The van der Waals surface area contributed by atoms with E-state index in [-0.39, 0.29) is 39.3 Å². The summed E-state index contributed by atoms with van der Waals surface area (Å²) in [6.45, 7) is 8.07. The van der Waals surface area contributed by atoms with E-state index < -0.39 is 28.6 Å². The highest BCUT2D eigenvalue weighted by Crippen LogP contribution is 2.32. The fraction of sp³-hybridized carbons (Fsp3) is 0.810. The van der Waals surface area contributed by atoms with Gasteiger partial charge in [0, 0.05) is 13.5 Å². The minimum absolute atomic E-state index is 0.00407. The molecule has 0 heterocycles. The van der Waals surface area contributed by atoms with E-state index in [4.69, 9.17) is 28.9 Å². The van der Waals surface area contributed by atoms with Crippen LogP contribution in [0, 0.1) is 22.3 Å². The number of hydrogen-bond acceptors (Lipinski definition) is 10. The maximum absolute atomic E-state index is 12.9. The smallest absolute Gasteiger partial charge is 0.319 e. The van der Waals surface area contributed by atoms with E-state index in [1.54, 1.807) is 27.9 Å². The van der Waals surface area contributed by atoms with Gasteiger partial charge in [0.2, 0.25) is 0 Å². The van der Waals surface area contributed by atoms with Crippen molar-refractivity contribution in [1.29, 1.82) is 5.26 Å². The minimum Gasteiger partial charge on any atom is -0.462 e. The molecule has 1 unspecified atom stereocenters. The van der Waals surface area contributed by atoms with E-state index in [0.717, 1.165) is 0 Å². The summed E-state index contributed by atoms with van der Waals surface area (Å²) in [6, 6.07) is 0. The molecule has 10 nitrogen and oxygen atoms in total. The van der Waals surface area contributed by atoms with Gasteiger partial charge in [-0.25, -0.2) is 0 Å². The zero-order valence-corrected chi connectivity index (χ0v) is 19.2. The Hall–Kier alpha value is -2.22. The van der Waals surface area contributed by atoms with E-state index in [2.05, 4.69) is 4.74 Å².